The number of phenols is 1. The lowest BCUT2D eigenvalue weighted by atomic mass is 10.2. The SMILES string of the molecule is C=CCN1C(=O)C(=Cc2ccccc2)SC1=Nc1cccc(O)c1. The van der Waals surface area contributed by atoms with Crippen LogP contribution in [0.2, 0.25) is 0 Å². The van der Waals surface area contributed by atoms with Crippen molar-refractivity contribution in [1.29, 1.82) is 0 Å². The Morgan fingerprint density at radius 1 is 1.17 bits per heavy atom. The number of carbonyl (C=O) groups is 1. The van der Waals surface area contributed by atoms with Gasteiger partial charge in [-0.15, -0.1) is 6.58 Å². The number of amidine groups is 1. The number of phenolic OH excluding ortho intramolecular Hbond substituents is 1. The molecule has 1 aliphatic heterocycles. The monoisotopic (exact) mass is 336 g/mol. The van der Waals surface area contributed by atoms with E-state index in [1.54, 1.807) is 35.2 Å². The third-order valence-corrected chi connectivity index (χ3v) is 4.36. The summed E-state index contributed by atoms with van der Waals surface area (Å²) in [6.07, 6.45) is 3.52. The summed E-state index contributed by atoms with van der Waals surface area (Å²) in [5.74, 6) is 0.0455. The van der Waals surface area contributed by atoms with Crippen LogP contribution >= 0.6 is 11.8 Å². The van der Waals surface area contributed by atoms with E-state index in [4.69, 9.17) is 0 Å². The van der Waals surface area contributed by atoms with Gasteiger partial charge in [-0.3, -0.25) is 9.69 Å². The van der Waals surface area contributed by atoms with Crippen molar-refractivity contribution in [2.24, 2.45) is 4.99 Å². The molecule has 0 aliphatic carbocycles. The number of carbonyl (C=O) groups excluding carboxylic acids is 1. The molecule has 0 atom stereocenters. The average molecular weight is 336 g/mol. The lowest BCUT2D eigenvalue weighted by molar-refractivity contribution is -0.121. The van der Waals surface area contributed by atoms with Gasteiger partial charge in [-0.2, -0.15) is 0 Å². The smallest absolute Gasteiger partial charge is 0.267 e. The fourth-order valence-electron chi connectivity index (χ4n) is 2.26. The van der Waals surface area contributed by atoms with Crippen molar-refractivity contribution in [3.63, 3.8) is 0 Å². The zero-order valence-corrected chi connectivity index (χ0v) is 13.7. The van der Waals surface area contributed by atoms with Crippen LogP contribution in [-0.4, -0.2) is 27.6 Å². The number of nitrogens with zero attached hydrogens (tertiary/aromatic N) is 2. The predicted molar refractivity (Wildman–Crippen MR) is 99.1 cm³/mol. The number of amides is 1. The maximum Gasteiger partial charge on any atom is 0.267 e. The van der Waals surface area contributed by atoms with Crippen molar-refractivity contribution in [2.45, 2.75) is 0 Å². The highest BCUT2D eigenvalue weighted by Gasteiger charge is 2.32. The average Bonchev–Trinajstić information content (AvgIpc) is 2.85. The van der Waals surface area contributed by atoms with Crippen LogP contribution in [-0.2, 0) is 4.79 Å². The van der Waals surface area contributed by atoms with Gasteiger partial charge in [0.25, 0.3) is 5.91 Å². The molecule has 5 heteroatoms. The molecule has 0 unspecified atom stereocenters. The molecule has 24 heavy (non-hydrogen) atoms. The summed E-state index contributed by atoms with van der Waals surface area (Å²) in [6, 6.07) is 16.3. The molecule has 2 aromatic rings. The molecule has 0 bridgehead atoms. The number of aromatic hydroxyl groups is 1. The lowest BCUT2D eigenvalue weighted by Crippen LogP contribution is -2.29. The Morgan fingerprint density at radius 2 is 1.96 bits per heavy atom. The highest BCUT2D eigenvalue weighted by Crippen LogP contribution is 2.34. The van der Waals surface area contributed by atoms with Gasteiger partial charge in [0.05, 0.1) is 10.6 Å². The molecule has 0 radical (unpaired) electrons. The number of hydrogen-bond donors (Lipinski definition) is 1. The molecule has 0 aromatic heterocycles. The largest absolute Gasteiger partial charge is 0.508 e. The standard InChI is InChI=1S/C19H16N2O2S/c1-2-11-21-18(23)17(12-14-7-4-3-5-8-14)24-19(21)20-15-9-6-10-16(22)13-15/h2-10,12-13,22H,1,11H2. The number of aliphatic imine (C=N–C) groups is 1. The van der Waals surface area contributed by atoms with Crippen LogP contribution in [0.3, 0.4) is 0 Å². The normalized spacial score (nSPS) is 17.7. The van der Waals surface area contributed by atoms with E-state index in [9.17, 15) is 9.90 Å². The maximum atomic E-state index is 12.6. The molecular formula is C19H16N2O2S. The van der Waals surface area contributed by atoms with Crippen molar-refractivity contribution in [3.8, 4) is 5.75 Å². The van der Waals surface area contributed by atoms with E-state index in [-0.39, 0.29) is 11.7 Å². The predicted octanol–water partition coefficient (Wildman–Crippen LogP) is 4.18. The van der Waals surface area contributed by atoms with Gasteiger partial charge < -0.3 is 5.11 Å². The molecule has 2 aromatic carbocycles. The molecule has 0 saturated carbocycles. The zero-order valence-electron chi connectivity index (χ0n) is 12.9. The summed E-state index contributed by atoms with van der Waals surface area (Å²) >= 11 is 1.32. The van der Waals surface area contributed by atoms with E-state index in [2.05, 4.69) is 11.6 Å². The van der Waals surface area contributed by atoms with Crippen LogP contribution in [0.5, 0.6) is 5.75 Å². The van der Waals surface area contributed by atoms with Gasteiger partial charge in [-0.25, -0.2) is 4.99 Å². The third-order valence-electron chi connectivity index (χ3n) is 3.35. The van der Waals surface area contributed by atoms with Gasteiger partial charge in [0.15, 0.2) is 5.17 Å². The minimum atomic E-state index is -0.0948. The van der Waals surface area contributed by atoms with Crippen LogP contribution < -0.4 is 0 Å². The van der Waals surface area contributed by atoms with Crippen molar-refractivity contribution < 1.29 is 9.90 Å². The van der Waals surface area contributed by atoms with Gasteiger partial charge in [0.1, 0.15) is 5.75 Å². The Labute approximate surface area is 144 Å². The molecule has 3 rings (SSSR count). The molecule has 120 valence electrons. The second-order valence-electron chi connectivity index (χ2n) is 5.14. The Balaban J connectivity index is 1.95. The summed E-state index contributed by atoms with van der Waals surface area (Å²) in [6.45, 7) is 4.09. The Morgan fingerprint density at radius 3 is 2.67 bits per heavy atom. The van der Waals surface area contributed by atoms with Crippen molar-refractivity contribution in [1.82, 2.24) is 4.90 Å². The first kappa shape index (κ1) is 16.1. The van der Waals surface area contributed by atoms with Crippen molar-refractivity contribution in [2.75, 3.05) is 6.54 Å². The second kappa shape index (κ2) is 7.19. The van der Waals surface area contributed by atoms with Crippen molar-refractivity contribution in [3.05, 3.63) is 77.7 Å². The minimum absolute atomic E-state index is 0.0948. The topological polar surface area (TPSA) is 52.9 Å². The van der Waals surface area contributed by atoms with Crippen LogP contribution in [0.1, 0.15) is 5.56 Å². The Bertz CT molecular complexity index is 828. The Hall–Kier alpha value is -2.79. The van der Waals surface area contributed by atoms with E-state index in [0.717, 1.165) is 5.56 Å². The maximum absolute atomic E-state index is 12.6. The quantitative estimate of drug-likeness (QED) is 0.673. The second-order valence-corrected chi connectivity index (χ2v) is 6.15. The van der Waals surface area contributed by atoms with E-state index >= 15 is 0 Å². The highest BCUT2D eigenvalue weighted by atomic mass is 32.2. The lowest BCUT2D eigenvalue weighted by Gasteiger charge is -2.12. The van der Waals surface area contributed by atoms with Crippen LogP contribution in [0.4, 0.5) is 5.69 Å². The first-order valence-electron chi connectivity index (χ1n) is 7.42. The third kappa shape index (κ3) is 3.58. The fourth-order valence-corrected chi connectivity index (χ4v) is 3.26. The molecule has 4 nitrogen and oxygen atoms in total. The van der Waals surface area contributed by atoms with Crippen LogP contribution in [0.25, 0.3) is 6.08 Å². The number of rotatable bonds is 4. The molecule has 0 spiro atoms. The van der Waals surface area contributed by atoms with E-state index in [0.29, 0.717) is 22.3 Å². The molecule has 1 aliphatic rings. The van der Waals surface area contributed by atoms with Gasteiger partial charge in [0, 0.05) is 12.6 Å². The number of thioether (sulfide) groups is 1. The van der Waals surface area contributed by atoms with Crippen LogP contribution in [0.15, 0.2) is 77.1 Å². The molecule has 1 amide bonds. The van der Waals surface area contributed by atoms with Crippen LogP contribution in [0, 0.1) is 0 Å². The molecule has 1 fully saturated rings. The van der Waals surface area contributed by atoms with Gasteiger partial charge in [-0.1, -0.05) is 42.5 Å². The van der Waals surface area contributed by atoms with Gasteiger partial charge in [-0.05, 0) is 35.5 Å². The molecule has 1 heterocycles. The summed E-state index contributed by atoms with van der Waals surface area (Å²) in [5.41, 5.74) is 1.56. The molecule has 1 saturated heterocycles. The van der Waals surface area contributed by atoms with Gasteiger partial charge in [0.2, 0.25) is 0 Å². The first-order chi connectivity index (χ1) is 11.7. The fraction of sp³-hybridized carbons (Fsp3) is 0.0526. The summed E-state index contributed by atoms with van der Waals surface area (Å²) in [7, 11) is 0. The highest BCUT2D eigenvalue weighted by molar-refractivity contribution is 8.18. The van der Waals surface area contributed by atoms with E-state index in [1.807, 2.05) is 36.4 Å². The van der Waals surface area contributed by atoms with E-state index in [1.165, 1.54) is 11.8 Å². The molecule has 1 N–H and O–H groups in total. The van der Waals surface area contributed by atoms with Gasteiger partial charge >= 0.3 is 0 Å². The summed E-state index contributed by atoms with van der Waals surface area (Å²) < 4.78 is 0. The Kier molecular flexibility index (Phi) is 4.82. The van der Waals surface area contributed by atoms with Crippen molar-refractivity contribution >= 4 is 34.6 Å². The zero-order chi connectivity index (χ0) is 16.9. The summed E-state index contributed by atoms with van der Waals surface area (Å²) in [4.78, 5) is 19.3. The first-order valence-corrected chi connectivity index (χ1v) is 8.24. The number of benzene rings is 2. The minimum Gasteiger partial charge on any atom is -0.508 e. The number of hydrogen-bond acceptors (Lipinski definition) is 4. The summed E-state index contributed by atoms with van der Waals surface area (Å²) in [5, 5.41) is 10.1. The van der Waals surface area contributed by atoms with E-state index < -0.39 is 0 Å². The molecular weight excluding hydrogens is 320 g/mol.